The predicted molar refractivity (Wildman–Crippen MR) is 79.8 cm³/mol. The zero-order valence-corrected chi connectivity index (χ0v) is 13.0. The molecule has 4 nitrogen and oxygen atoms in total. The fourth-order valence-corrected chi connectivity index (χ4v) is 2.88. The summed E-state index contributed by atoms with van der Waals surface area (Å²) in [6, 6.07) is 3.17. The maximum Gasteiger partial charge on any atom is 0.253 e. The first-order valence-electron chi connectivity index (χ1n) is 6.96. The molecule has 1 aliphatic rings. The van der Waals surface area contributed by atoms with Crippen molar-refractivity contribution >= 4 is 29.1 Å². The standard InChI is InChI=1S/C15H18ClFN2O2/c1-4-15(5-2)14(21)19(9(3)13(20)18-15)12-7-10(16)6-11(17)8-12/h6-9H,4-5H2,1-3H3,(H,18,20). The summed E-state index contributed by atoms with van der Waals surface area (Å²) >= 11 is 5.86. The van der Waals surface area contributed by atoms with E-state index in [-0.39, 0.29) is 16.8 Å². The van der Waals surface area contributed by atoms with Crippen LogP contribution in [0.15, 0.2) is 18.2 Å². The zero-order valence-electron chi connectivity index (χ0n) is 12.2. The average molecular weight is 313 g/mol. The lowest BCUT2D eigenvalue weighted by molar-refractivity contribution is -0.138. The Hall–Kier alpha value is -1.62. The van der Waals surface area contributed by atoms with Gasteiger partial charge < -0.3 is 5.32 Å². The number of hydrogen-bond donors (Lipinski definition) is 1. The van der Waals surface area contributed by atoms with Crippen LogP contribution in [-0.4, -0.2) is 23.4 Å². The highest BCUT2D eigenvalue weighted by atomic mass is 35.5. The van der Waals surface area contributed by atoms with Crippen LogP contribution in [0.1, 0.15) is 33.6 Å². The Morgan fingerprint density at radius 3 is 2.43 bits per heavy atom. The third kappa shape index (κ3) is 2.62. The van der Waals surface area contributed by atoms with Crippen LogP contribution in [0.4, 0.5) is 10.1 Å². The minimum Gasteiger partial charge on any atom is -0.340 e. The molecular formula is C15H18ClFN2O2. The maximum absolute atomic E-state index is 13.6. The Morgan fingerprint density at radius 1 is 1.29 bits per heavy atom. The van der Waals surface area contributed by atoms with E-state index in [1.54, 1.807) is 6.92 Å². The average Bonchev–Trinajstić information content (AvgIpc) is 2.42. The van der Waals surface area contributed by atoms with E-state index in [0.717, 1.165) is 6.07 Å². The van der Waals surface area contributed by atoms with Gasteiger partial charge >= 0.3 is 0 Å². The summed E-state index contributed by atoms with van der Waals surface area (Å²) < 4.78 is 13.6. The lowest BCUT2D eigenvalue weighted by Gasteiger charge is -2.44. The van der Waals surface area contributed by atoms with Gasteiger partial charge in [0.15, 0.2) is 0 Å². The van der Waals surface area contributed by atoms with E-state index in [1.165, 1.54) is 17.0 Å². The number of amides is 2. The Kier molecular flexibility index (Phi) is 4.23. The Balaban J connectivity index is 2.53. The number of halogens is 2. The van der Waals surface area contributed by atoms with Crippen LogP contribution in [0, 0.1) is 5.82 Å². The molecule has 0 aromatic heterocycles. The number of nitrogens with one attached hydrogen (secondary N) is 1. The topological polar surface area (TPSA) is 49.4 Å². The first-order valence-corrected chi connectivity index (χ1v) is 7.34. The summed E-state index contributed by atoms with van der Waals surface area (Å²) in [5.41, 5.74) is -0.638. The smallest absolute Gasteiger partial charge is 0.253 e. The molecule has 1 unspecified atom stereocenters. The Labute approximate surface area is 128 Å². The van der Waals surface area contributed by atoms with Crippen LogP contribution >= 0.6 is 11.6 Å². The van der Waals surface area contributed by atoms with E-state index in [2.05, 4.69) is 5.32 Å². The fraction of sp³-hybridized carbons (Fsp3) is 0.467. The molecule has 2 amide bonds. The molecule has 0 radical (unpaired) electrons. The molecule has 1 aromatic carbocycles. The molecule has 1 heterocycles. The Bertz CT molecular complexity index is 567. The van der Waals surface area contributed by atoms with Crippen molar-refractivity contribution in [3.63, 3.8) is 0 Å². The molecule has 0 saturated carbocycles. The summed E-state index contributed by atoms with van der Waals surface area (Å²) in [5.74, 6) is -1.03. The highest BCUT2D eigenvalue weighted by Gasteiger charge is 2.48. The van der Waals surface area contributed by atoms with Crippen LogP contribution in [-0.2, 0) is 9.59 Å². The second-order valence-corrected chi connectivity index (χ2v) is 5.69. The van der Waals surface area contributed by atoms with Crippen LogP contribution < -0.4 is 10.2 Å². The van der Waals surface area contributed by atoms with Crippen LogP contribution in [0.5, 0.6) is 0 Å². The fourth-order valence-electron chi connectivity index (χ4n) is 2.67. The summed E-state index contributed by atoms with van der Waals surface area (Å²) in [7, 11) is 0. The van der Waals surface area contributed by atoms with Crippen molar-refractivity contribution in [2.24, 2.45) is 0 Å². The molecule has 1 fully saturated rings. The quantitative estimate of drug-likeness (QED) is 0.933. The van der Waals surface area contributed by atoms with E-state index in [4.69, 9.17) is 11.6 Å². The highest BCUT2D eigenvalue weighted by Crippen LogP contribution is 2.31. The van der Waals surface area contributed by atoms with Gasteiger partial charge in [0.25, 0.3) is 5.91 Å². The van der Waals surface area contributed by atoms with Gasteiger partial charge in [-0.1, -0.05) is 25.4 Å². The van der Waals surface area contributed by atoms with Crippen molar-refractivity contribution in [3.8, 4) is 0 Å². The van der Waals surface area contributed by atoms with Gasteiger partial charge in [-0.25, -0.2) is 4.39 Å². The molecule has 21 heavy (non-hydrogen) atoms. The molecule has 1 atom stereocenters. The molecular weight excluding hydrogens is 295 g/mol. The normalized spacial score (nSPS) is 21.4. The molecule has 0 aliphatic carbocycles. The Morgan fingerprint density at radius 2 is 1.90 bits per heavy atom. The second kappa shape index (κ2) is 5.64. The molecule has 1 N–H and O–H groups in total. The van der Waals surface area contributed by atoms with Crippen molar-refractivity contribution in [1.29, 1.82) is 0 Å². The first kappa shape index (κ1) is 15.8. The van der Waals surface area contributed by atoms with Gasteiger partial charge in [-0.15, -0.1) is 0 Å². The van der Waals surface area contributed by atoms with Gasteiger partial charge in [0.2, 0.25) is 5.91 Å². The number of nitrogens with zero attached hydrogens (tertiary/aromatic N) is 1. The molecule has 1 aromatic rings. The SMILES string of the molecule is CCC1(CC)NC(=O)C(C)N(c2cc(F)cc(Cl)c2)C1=O. The number of benzene rings is 1. The van der Waals surface area contributed by atoms with Crippen molar-refractivity contribution < 1.29 is 14.0 Å². The van der Waals surface area contributed by atoms with Crippen molar-refractivity contribution in [2.75, 3.05) is 4.90 Å². The van der Waals surface area contributed by atoms with Crippen LogP contribution in [0.2, 0.25) is 5.02 Å². The highest BCUT2D eigenvalue weighted by molar-refractivity contribution is 6.31. The minimum atomic E-state index is -0.942. The molecule has 2 rings (SSSR count). The predicted octanol–water partition coefficient (Wildman–Crippen LogP) is 2.89. The van der Waals surface area contributed by atoms with E-state index in [9.17, 15) is 14.0 Å². The van der Waals surface area contributed by atoms with E-state index in [0.29, 0.717) is 18.5 Å². The summed E-state index contributed by atoms with van der Waals surface area (Å²) in [4.78, 5) is 26.4. The van der Waals surface area contributed by atoms with Gasteiger partial charge in [-0.2, -0.15) is 0 Å². The number of piperazine rings is 1. The number of rotatable bonds is 3. The molecule has 6 heteroatoms. The lowest BCUT2D eigenvalue weighted by atomic mass is 9.87. The number of anilines is 1. The van der Waals surface area contributed by atoms with Crippen molar-refractivity contribution in [3.05, 3.63) is 29.0 Å². The summed E-state index contributed by atoms with van der Waals surface area (Å²) in [5, 5.41) is 2.99. The third-order valence-electron chi connectivity index (χ3n) is 4.09. The van der Waals surface area contributed by atoms with Crippen molar-refractivity contribution in [1.82, 2.24) is 5.32 Å². The molecule has 114 valence electrons. The monoisotopic (exact) mass is 312 g/mol. The summed E-state index contributed by atoms with van der Waals surface area (Å²) in [6.07, 6.45) is 0.945. The number of carbonyl (C=O) groups excluding carboxylic acids is 2. The first-order chi connectivity index (χ1) is 9.84. The second-order valence-electron chi connectivity index (χ2n) is 5.26. The van der Waals surface area contributed by atoms with Gasteiger partial charge in [-0.3, -0.25) is 14.5 Å². The number of carbonyl (C=O) groups is 2. The van der Waals surface area contributed by atoms with E-state index >= 15 is 0 Å². The molecule has 1 saturated heterocycles. The zero-order chi connectivity index (χ0) is 15.8. The van der Waals surface area contributed by atoms with Gasteiger partial charge in [0.05, 0.1) is 0 Å². The third-order valence-corrected chi connectivity index (χ3v) is 4.31. The maximum atomic E-state index is 13.6. The van der Waals surface area contributed by atoms with Gasteiger partial charge in [-0.05, 0) is 38.0 Å². The molecule has 1 aliphatic heterocycles. The van der Waals surface area contributed by atoms with E-state index in [1.807, 2.05) is 13.8 Å². The van der Waals surface area contributed by atoms with Gasteiger partial charge in [0.1, 0.15) is 17.4 Å². The summed E-state index contributed by atoms with van der Waals surface area (Å²) in [6.45, 7) is 5.30. The largest absolute Gasteiger partial charge is 0.340 e. The van der Waals surface area contributed by atoms with Crippen molar-refractivity contribution in [2.45, 2.75) is 45.2 Å². The number of hydrogen-bond acceptors (Lipinski definition) is 2. The van der Waals surface area contributed by atoms with Gasteiger partial charge in [0, 0.05) is 10.7 Å². The van der Waals surface area contributed by atoms with Crippen LogP contribution in [0.3, 0.4) is 0 Å². The van der Waals surface area contributed by atoms with E-state index < -0.39 is 17.4 Å². The molecule has 0 spiro atoms. The lowest BCUT2D eigenvalue weighted by Crippen LogP contribution is -2.69. The molecule has 0 bridgehead atoms. The minimum absolute atomic E-state index is 0.189. The van der Waals surface area contributed by atoms with Crippen LogP contribution in [0.25, 0.3) is 0 Å².